The molecule has 2 atom stereocenters. The summed E-state index contributed by atoms with van der Waals surface area (Å²) >= 11 is 0. The predicted octanol–water partition coefficient (Wildman–Crippen LogP) is 3.10. The molecular formula is C20H33Cl2N3O. The van der Waals surface area contributed by atoms with Crippen LogP contribution in [0.5, 0.6) is 0 Å². The number of nitrogens with one attached hydrogen (secondary N) is 2. The Labute approximate surface area is 170 Å². The maximum atomic E-state index is 12.2. The van der Waals surface area contributed by atoms with Gasteiger partial charge >= 0.3 is 0 Å². The number of hydrogen-bond donors (Lipinski definition) is 2. The van der Waals surface area contributed by atoms with E-state index in [1.54, 1.807) is 0 Å². The topological polar surface area (TPSA) is 44.4 Å². The Morgan fingerprint density at radius 2 is 1.69 bits per heavy atom. The molecule has 148 valence electrons. The molecule has 0 bridgehead atoms. The van der Waals surface area contributed by atoms with E-state index in [1.165, 1.54) is 18.4 Å². The third-order valence-electron chi connectivity index (χ3n) is 5.31. The lowest BCUT2D eigenvalue weighted by atomic mass is 9.85. The van der Waals surface area contributed by atoms with Crippen molar-refractivity contribution in [3.63, 3.8) is 0 Å². The maximum Gasteiger partial charge on any atom is 0.234 e. The lowest BCUT2D eigenvalue weighted by Gasteiger charge is -2.41. The second-order valence-electron chi connectivity index (χ2n) is 7.80. The zero-order valence-corrected chi connectivity index (χ0v) is 17.5. The SMILES string of the molecule is CC1CN(Cc2ccccc2)CC(C)C1NC(=O)CNCC1CC1.Cl.Cl. The molecule has 2 unspecified atom stereocenters. The van der Waals surface area contributed by atoms with Crippen molar-refractivity contribution in [2.45, 2.75) is 39.3 Å². The molecule has 1 aromatic rings. The third-order valence-corrected chi connectivity index (χ3v) is 5.31. The van der Waals surface area contributed by atoms with E-state index in [9.17, 15) is 4.79 Å². The first-order valence-electron chi connectivity index (χ1n) is 9.38. The summed E-state index contributed by atoms with van der Waals surface area (Å²) in [5, 5.41) is 6.55. The first kappa shape index (κ1) is 23.2. The van der Waals surface area contributed by atoms with Crippen molar-refractivity contribution in [3.8, 4) is 0 Å². The van der Waals surface area contributed by atoms with Gasteiger partial charge in [0.25, 0.3) is 0 Å². The van der Waals surface area contributed by atoms with Gasteiger partial charge in [0.2, 0.25) is 5.91 Å². The van der Waals surface area contributed by atoms with Gasteiger partial charge in [-0.05, 0) is 42.7 Å². The predicted molar refractivity (Wildman–Crippen MR) is 112 cm³/mol. The Kier molecular flexibility index (Phi) is 9.94. The number of amides is 1. The summed E-state index contributed by atoms with van der Waals surface area (Å²) in [4.78, 5) is 14.7. The fourth-order valence-electron chi connectivity index (χ4n) is 3.88. The summed E-state index contributed by atoms with van der Waals surface area (Å²) in [5.41, 5.74) is 1.36. The molecule has 6 heteroatoms. The summed E-state index contributed by atoms with van der Waals surface area (Å²) in [7, 11) is 0. The van der Waals surface area contributed by atoms with Crippen LogP contribution in [-0.4, -0.2) is 43.0 Å². The number of rotatable bonds is 7. The molecule has 0 spiro atoms. The van der Waals surface area contributed by atoms with Crippen LogP contribution >= 0.6 is 24.8 Å². The lowest BCUT2D eigenvalue weighted by molar-refractivity contribution is -0.122. The number of piperidine rings is 1. The first-order valence-corrected chi connectivity index (χ1v) is 9.38. The Morgan fingerprint density at radius 1 is 1.08 bits per heavy atom. The average Bonchev–Trinajstić information content (AvgIpc) is 3.36. The standard InChI is InChI=1S/C20H31N3O.2ClH/c1-15-12-23(14-18-6-4-3-5-7-18)13-16(2)20(15)22-19(24)11-21-10-17-8-9-17;;/h3-7,15-17,20-21H,8-14H2,1-2H3,(H,22,24);2*1H. The number of likely N-dealkylation sites (tertiary alicyclic amines) is 1. The van der Waals surface area contributed by atoms with Crippen LogP contribution in [0, 0.1) is 17.8 Å². The van der Waals surface area contributed by atoms with Crippen LogP contribution in [0.4, 0.5) is 0 Å². The fraction of sp³-hybridized carbons (Fsp3) is 0.650. The van der Waals surface area contributed by atoms with E-state index in [-0.39, 0.29) is 36.8 Å². The van der Waals surface area contributed by atoms with Crippen LogP contribution in [0.1, 0.15) is 32.3 Å². The molecule has 0 aromatic heterocycles. The minimum absolute atomic E-state index is 0. The number of carbonyl (C=O) groups is 1. The van der Waals surface area contributed by atoms with Crippen molar-refractivity contribution >= 4 is 30.7 Å². The van der Waals surface area contributed by atoms with Crippen LogP contribution in [-0.2, 0) is 11.3 Å². The summed E-state index contributed by atoms with van der Waals surface area (Å²) < 4.78 is 0. The van der Waals surface area contributed by atoms with Crippen molar-refractivity contribution < 1.29 is 4.79 Å². The average molecular weight is 402 g/mol. The Bertz CT molecular complexity index is 527. The Balaban J connectivity index is 0.00000169. The maximum absolute atomic E-state index is 12.2. The van der Waals surface area contributed by atoms with Crippen molar-refractivity contribution in [2.75, 3.05) is 26.2 Å². The van der Waals surface area contributed by atoms with E-state index >= 15 is 0 Å². The van der Waals surface area contributed by atoms with Gasteiger partial charge in [-0.25, -0.2) is 0 Å². The van der Waals surface area contributed by atoms with Gasteiger partial charge in [0.05, 0.1) is 6.54 Å². The lowest BCUT2D eigenvalue weighted by Crippen LogP contribution is -2.55. The summed E-state index contributed by atoms with van der Waals surface area (Å²) in [5.74, 6) is 1.92. The quantitative estimate of drug-likeness (QED) is 0.737. The van der Waals surface area contributed by atoms with Crippen LogP contribution in [0.3, 0.4) is 0 Å². The molecule has 26 heavy (non-hydrogen) atoms. The Hall–Kier alpha value is -0.810. The molecule has 1 aliphatic carbocycles. The third kappa shape index (κ3) is 7.07. The number of halogens is 2. The van der Waals surface area contributed by atoms with Crippen LogP contribution in [0.25, 0.3) is 0 Å². The van der Waals surface area contributed by atoms with Gasteiger partial charge in [-0.3, -0.25) is 9.69 Å². The molecule has 1 amide bonds. The van der Waals surface area contributed by atoms with E-state index in [0.29, 0.717) is 18.4 Å². The molecule has 0 radical (unpaired) electrons. The highest BCUT2D eigenvalue weighted by Gasteiger charge is 2.32. The molecule has 2 fully saturated rings. The highest BCUT2D eigenvalue weighted by Crippen LogP contribution is 2.27. The minimum atomic E-state index is 0. The monoisotopic (exact) mass is 401 g/mol. The number of carbonyl (C=O) groups excluding carboxylic acids is 1. The summed E-state index contributed by atoms with van der Waals surface area (Å²) in [6, 6.07) is 10.9. The van der Waals surface area contributed by atoms with Gasteiger partial charge in [0, 0.05) is 25.7 Å². The van der Waals surface area contributed by atoms with Crippen molar-refractivity contribution in [2.24, 2.45) is 17.8 Å². The molecule has 4 nitrogen and oxygen atoms in total. The van der Waals surface area contributed by atoms with E-state index in [4.69, 9.17) is 0 Å². The van der Waals surface area contributed by atoms with Crippen LogP contribution in [0.2, 0.25) is 0 Å². The number of nitrogens with zero attached hydrogens (tertiary/aromatic N) is 1. The van der Waals surface area contributed by atoms with Gasteiger partial charge in [0.1, 0.15) is 0 Å². The second-order valence-corrected chi connectivity index (χ2v) is 7.80. The zero-order chi connectivity index (χ0) is 16.9. The van der Waals surface area contributed by atoms with Crippen LogP contribution < -0.4 is 10.6 Å². The van der Waals surface area contributed by atoms with E-state index in [2.05, 4.69) is 59.7 Å². The van der Waals surface area contributed by atoms with Gasteiger partial charge < -0.3 is 10.6 Å². The van der Waals surface area contributed by atoms with E-state index in [0.717, 1.165) is 32.1 Å². The molecular weight excluding hydrogens is 369 g/mol. The molecule has 2 N–H and O–H groups in total. The van der Waals surface area contributed by atoms with E-state index in [1.807, 2.05) is 0 Å². The molecule has 1 aliphatic heterocycles. The zero-order valence-electron chi connectivity index (χ0n) is 15.8. The summed E-state index contributed by atoms with van der Waals surface area (Å²) in [6.07, 6.45) is 2.64. The van der Waals surface area contributed by atoms with Crippen molar-refractivity contribution in [3.05, 3.63) is 35.9 Å². The van der Waals surface area contributed by atoms with E-state index < -0.39 is 0 Å². The normalized spacial score (nSPS) is 25.7. The second kappa shape index (κ2) is 11.1. The van der Waals surface area contributed by atoms with Crippen LogP contribution in [0.15, 0.2) is 30.3 Å². The molecule has 1 heterocycles. The van der Waals surface area contributed by atoms with Gasteiger partial charge in [-0.15, -0.1) is 24.8 Å². The fourth-order valence-corrected chi connectivity index (χ4v) is 3.88. The highest BCUT2D eigenvalue weighted by molar-refractivity contribution is 5.85. The van der Waals surface area contributed by atoms with Crippen molar-refractivity contribution in [1.82, 2.24) is 15.5 Å². The number of hydrogen-bond acceptors (Lipinski definition) is 3. The molecule has 1 saturated carbocycles. The smallest absolute Gasteiger partial charge is 0.234 e. The summed E-state index contributed by atoms with van der Waals surface area (Å²) in [6.45, 7) is 9.05. The van der Waals surface area contributed by atoms with Gasteiger partial charge in [-0.1, -0.05) is 44.2 Å². The molecule has 1 saturated heterocycles. The molecule has 2 aliphatic rings. The molecule has 1 aromatic carbocycles. The Morgan fingerprint density at radius 3 is 2.27 bits per heavy atom. The van der Waals surface area contributed by atoms with Gasteiger partial charge in [0.15, 0.2) is 0 Å². The minimum Gasteiger partial charge on any atom is -0.352 e. The van der Waals surface area contributed by atoms with Gasteiger partial charge in [-0.2, -0.15) is 0 Å². The largest absolute Gasteiger partial charge is 0.352 e. The highest BCUT2D eigenvalue weighted by atomic mass is 35.5. The first-order chi connectivity index (χ1) is 11.6. The molecule has 3 rings (SSSR count). The van der Waals surface area contributed by atoms with Crippen molar-refractivity contribution in [1.29, 1.82) is 0 Å². The number of benzene rings is 1.